The molecule has 1 saturated heterocycles. The largest absolute Gasteiger partial charge is 0.480 e. The number of thiazole rings is 1. The Balaban J connectivity index is 1.85. The normalized spacial score (nSPS) is 24.5. The number of fused-ring (bicyclic) bond motifs is 2. The second kappa shape index (κ2) is 6.10. The standard InChI is InChI=1S/C17H14N2O5S2/c1-7-2-4-8(5-3-7)10-11-13(25-14-12(10)26-17(24)18-14)16(23)19(15(11)22)6-9(20)21/h2-5,10-11,13H,6H2,1H3,(H,18,24)(H,20,21). The average Bonchev–Trinajstić information content (AvgIpc) is 3.06. The fraction of sp³-hybridized carbons (Fsp3) is 0.294. The molecule has 1 fully saturated rings. The van der Waals surface area contributed by atoms with E-state index in [9.17, 15) is 19.2 Å². The maximum absolute atomic E-state index is 12.9. The minimum absolute atomic E-state index is 0.234. The number of carboxylic acids is 1. The Hall–Kier alpha value is -2.39. The minimum atomic E-state index is -1.23. The van der Waals surface area contributed by atoms with Gasteiger partial charge in [-0.1, -0.05) is 52.9 Å². The Morgan fingerprint density at radius 2 is 1.88 bits per heavy atom. The fourth-order valence-corrected chi connectivity index (χ4v) is 6.04. The molecule has 9 heteroatoms. The molecule has 2 amide bonds. The molecule has 1 aromatic carbocycles. The molecule has 134 valence electrons. The molecule has 26 heavy (non-hydrogen) atoms. The second-order valence-corrected chi connectivity index (χ2v) is 8.48. The predicted molar refractivity (Wildman–Crippen MR) is 95.5 cm³/mol. The van der Waals surface area contributed by atoms with Gasteiger partial charge in [0.05, 0.1) is 10.9 Å². The Kier molecular flexibility index (Phi) is 4.00. The number of aliphatic carboxylic acids is 1. The van der Waals surface area contributed by atoms with E-state index < -0.39 is 41.4 Å². The molecule has 3 unspecified atom stereocenters. The van der Waals surface area contributed by atoms with E-state index in [4.69, 9.17) is 5.11 Å². The van der Waals surface area contributed by atoms with E-state index in [2.05, 4.69) is 4.98 Å². The lowest BCUT2D eigenvalue weighted by Crippen LogP contribution is -2.36. The van der Waals surface area contributed by atoms with Crippen molar-refractivity contribution in [2.24, 2.45) is 5.92 Å². The van der Waals surface area contributed by atoms with E-state index in [-0.39, 0.29) is 4.87 Å². The number of amides is 2. The maximum Gasteiger partial charge on any atom is 0.323 e. The average molecular weight is 390 g/mol. The van der Waals surface area contributed by atoms with Gasteiger partial charge in [0.1, 0.15) is 11.8 Å². The Morgan fingerprint density at radius 1 is 1.19 bits per heavy atom. The zero-order chi connectivity index (χ0) is 18.6. The number of carbonyl (C=O) groups excluding carboxylic acids is 2. The van der Waals surface area contributed by atoms with Gasteiger partial charge in [0.15, 0.2) is 0 Å². The van der Waals surface area contributed by atoms with Crippen LogP contribution in [0.1, 0.15) is 21.9 Å². The van der Waals surface area contributed by atoms with Gasteiger partial charge in [-0.05, 0) is 12.5 Å². The molecular weight excluding hydrogens is 376 g/mol. The molecule has 0 bridgehead atoms. The minimum Gasteiger partial charge on any atom is -0.480 e. The molecule has 3 atom stereocenters. The van der Waals surface area contributed by atoms with Crippen LogP contribution in [0, 0.1) is 12.8 Å². The first-order valence-corrected chi connectivity index (χ1v) is 9.59. The van der Waals surface area contributed by atoms with Crippen LogP contribution in [-0.2, 0) is 14.4 Å². The van der Waals surface area contributed by atoms with E-state index in [1.807, 2.05) is 31.2 Å². The topological polar surface area (TPSA) is 108 Å². The zero-order valence-corrected chi connectivity index (χ0v) is 15.2. The number of benzene rings is 1. The van der Waals surface area contributed by atoms with Crippen molar-refractivity contribution in [1.82, 2.24) is 9.88 Å². The number of rotatable bonds is 3. The van der Waals surface area contributed by atoms with Crippen molar-refractivity contribution in [1.29, 1.82) is 0 Å². The molecule has 0 saturated carbocycles. The van der Waals surface area contributed by atoms with Crippen LogP contribution in [0.3, 0.4) is 0 Å². The number of hydrogen-bond donors (Lipinski definition) is 2. The van der Waals surface area contributed by atoms with E-state index in [1.165, 1.54) is 0 Å². The van der Waals surface area contributed by atoms with Crippen LogP contribution in [-0.4, -0.2) is 44.6 Å². The van der Waals surface area contributed by atoms with Crippen LogP contribution in [0.5, 0.6) is 0 Å². The van der Waals surface area contributed by atoms with Gasteiger partial charge in [-0.25, -0.2) is 0 Å². The van der Waals surface area contributed by atoms with Gasteiger partial charge in [0.25, 0.3) is 0 Å². The summed E-state index contributed by atoms with van der Waals surface area (Å²) >= 11 is 2.18. The number of carbonyl (C=O) groups is 3. The third-order valence-electron chi connectivity index (χ3n) is 4.65. The number of thioether (sulfide) groups is 1. The number of aromatic amines is 1. The molecule has 1 aromatic heterocycles. The van der Waals surface area contributed by atoms with Crippen molar-refractivity contribution in [3.8, 4) is 0 Å². The number of hydrogen-bond acceptors (Lipinski definition) is 6. The van der Waals surface area contributed by atoms with Crippen LogP contribution in [0.2, 0.25) is 0 Å². The van der Waals surface area contributed by atoms with Gasteiger partial charge in [0, 0.05) is 10.8 Å². The Labute approximate surface area is 156 Å². The summed E-state index contributed by atoms with van der Waals surface area (Å²) in [4.78, 5) is 52.5. The highest BCUT2D eigenvalue weighted by atomic mass is 32.2. The van der Waals surface area contributed by atoms with Gasteiger partial charge in [-0.2, -0.15) is 0 Å². The van der Waals surface area contributed by atoms with Crippen LogP contribution in [0.25, 0.3) is 0 Å². The molecule has 2 N–H and O–H groups in total. The third-order valence-corrected chi connectivity index (χ3v) is 7.05. The van der Waals surface area contributed by atoms with Gasteiger partial charge >= 0.3 is 10.8 Å². The summed E-state index contributed by atoms with van der Waals surface area (Å²) in [6, 6.07) is 7.60. The van der Waals surface area contributed by atoms with Crippen LogP contribution >= 0.6 is 23.1 Å². The highest BCUT2D eigenvalue weighted by Crippen LogP contribution is 2.52. The number of nitrogens with one attached hydrogen (secondary N) is 1. The number of carboxylic acid groups (broad SMARTS) is 1. The first-order chi connectivity index (χ1) is 12.4. The SMILES string of the molecule is Cc1ccc(C2c3sc(=O)[nH]c3SC3C(=O)N(CC(=O)O)C(=O)C32)cc1. The molecule has 0 radical (unpaired) electrons. The van der Waals surface area contributed by atoms with Gasteiger partial charge < -0.3 is 10.1 Å². The number of H-pyrrole nitrogens is 1. The first-order valence-electron chi connectivity index (χ1n) is 7.90. The molecule has 7 nitrogen and oxygen atoms in total. The van der Waals surface area contributed by atoms with E-state index in [0.717, 1.165) is 44.0 Å². The molecule has 2 aliphatic rings. The monoisotopic (exact) mass is 390 g/mol. The lowest BCUT2D eigenvalue weighted by molar-refractivity contribution is -0.149. The zero-order valence-electron chi connectivity index (χ0n) is 13.6. The summed E-state index contributed by atoms with van der Waals surface area (Å²) in [5.74, 6) is -3.40. The molecule has 0 spiro atoms. The smallest absolute Gasteiger partial charge is 0.323 e. The summed E-state index contributed by atoms with van der Waals surface area (Å²) in [5.41, 5.74) is 1.89. The highest BCUT2D eigenvalue weighted by molar-refractivity contribution is 8.00. The van der Waals surface area contributed by atoms with Gasteiger partial charge in [-0.3, -0.25) is 24.1 Å². The molecule has 2 aromatic rings. The van der Waals surface area contributed by atoms with Crippen LogP contribution < -0.4 is 4.87 Å². The second-order valence-electron chi connectivity index (χ2n) is 6.32. The highest BCUT2D eigenvalue weighted by Gasteiger charge is 2.56. The summed E-state index contributed by atoms with van der Waals surface area (Å²) in [5, 5.41) is 8.89. The number of likely N-dealkylation sites (tertiary alicyclic amines) is 1. The van der Waals surface area contributed by atoms with E-state index in [1.54, 1.807) is 0 Å². The fourth-order valence-electron chi connectivity index (χ4n) is 3.50. The summed E-state index contributed by atoms with van der Waals surface area (Å²) in [6.45, 7) is 1.30. The number of imide groups is 1. The lowest BCUT2D eigenvalue weighted by atomic mass is 9.83. The van der Waals surface area contributed by atoms with Gasteiger partial charge in [0.2, 0.25) is 11.8 Å². The summed E-state index contributed by atoms with van der Waals surface area (Å²) in [7, 11) is 0. The van der Waals surface area contributed by atoms with Crippen molar-refractivity contribution >= 4 is 40.9 Å². The third kappa shape index (κ3) is 2.58. The molecule has 3 heterocycles. The van der Waals surface area contributed by atoms with Crippen molar-refractivity contribution < 1.29 is 19.5 Å². The summed E-state index contributed by atoms with van der Waals surface area (Å²) in [6.07, 6.45) is 0. The molecule has 4 rings (SSSR count). The Morgan fingerprint density at radius 3 is 2.54 bits per heavy atom. The maximum atomic E-state index is 12.9. The molecule has 0 aliphatic carbocycles. The number of aromatic nitrogens is 1. The molecular formula is C17H14N2O5S2. The lowest BCUT2D eigenvalue weighted by Gasteiger charge is -2.29. The van der Waals surface area contributed by atoms with Crippen molar-refractivity contribution in [2.45, 2.75) is 23.1 Å². The first kappa shape index (κ1) is 17.0. The van der Waals surface area contributed by atoms with E-state index >= 15 is 0 Å². The quantitative estimate of drug-likeness (QED) is 0.768. The summed E-state index contributed by atoms with van der Waals surface area (Å²) < 4.78 is 0. The van der Waals surface area contributed by atoms with E-state index in [0.29, 0.717) is 5.03 Å². The molecule has 2 aliphatic heterocycles. The Bertz CT molecular complexity index is 978. The van der Waals surface area contributed by atoms with Crippen molar-refractivity contribution in [2.75, 3.05) is 6.54 Å². The van der Waals surface area contributed by atoms with Crippen molar-refractivity contribution in [3.05, 3.63) is 49.9 Å². The van der Waals surface area contributed by atoms with Gasteiger partial charge in [-0.15, -0.1) is 0 Å². The number of nitrogens with zero attached hydrogens (tertiary/aromatic N) is 1. The number of aryl methyl sites for hydroxylation is 1. The van der Waals surface area contributed by atoms with Crippen molar-refractivity contribution in [3.63, 3.8) is 0 Å². The van der Waals surface area contributed by atoms with Crippen LogP contribution in [0.4, 0.5) is 0 Å². The van der Waals surface area contributed by atoms with Crippen LogP contribution in [0.15, 0.2) is 34.1 Å². The predicted octanol–water partition coefficient (Wildman–Crippen LogP) is 1.42.